The Hall–Kier alpha value is -3.29. The van der Waals surface area contributed by atoms with Crippen LogP contribution in [0.3, 0.4) is 0 Å². The van der Waals surface area contributed by atoms with E-state index in [9.17, 15) is 23.2 Å². The molecule has 2 aromatic carbocycles. The van der Waals surface area contributed by atoms with E-state index in [4.69, 9.17) is 0 Å². The van der Waals surface area contributed by atoms with Crippen molar-refractivity contribution in [1.29, 1.82) is 0 Å². The normalized spacial score (nSPS) is 9.92. The molecule has 0 saturated carbocycles. The van der Waals surface area contributed by atoms with Crippen molar-refractivity contribution in [2.45, 2.75) is 0 Å². The van der Waals surface area contributed by atoms with Crippen molar-refractivity contribution < 1.29 is 27.9 Å². The fourth-order valence-electron chi connectivity index (χ4n) is 1.71. The fraction of sp³-hybridized carbons (Fsp3) is 0.0625. The summed E-state index contributed by atoms with van der Waals surface area (Å²) in [7, 11) is 0. The Morgan fingerprint density at radius 3 is 2.46 bits per heavy atom. The topological polar surface area (TPSA) is 84.5 Å². The Bertz CT molecular complexity index is 780. The molecule has 0 aliphatic heterocycles. The van der Waals surface area contributed by atoms with Crippen LogP contribution in [-0.2, 0) is 9.53 Å². The van der Waals surface area contributed by atoms with Crippen LogP contribution in [-0.4, -0.2) is 24.5 Å². The molecule has 0 aromatic heterocycles. The number of urea groups is 1. The summed E-state index contributed by atoms with van der Waals surface area (Å²) < 4.78 is 30.9. The Kier molecular flexibility index (Phi) is 5.56. The summed E-state index contributed by atoms with van der Waals surface area (Å²) in [5.41, 5.74) is -0.182. The minimum absolute atomic E-state index is 0.0707. The highest BCUT2D eigenvalue weighted by molar-refractivity contribution is 6.02. The van der Waals surface area contributed by atoms with Crippen LogP contribution in [0.2, 0.25) is 0 Å². The first kappa shape index (κ1) is 17.1. The van der Waals surface area contributed by atoms with Gasteiger partial charge in [-0.3, -0.25) is 10.1 Å². The Morgan fingerprint density at radius 1 is 1.00 bits per heavy atom. The number of nitrogens with one attached hydrogen (secondary N) is 2. The molecular formula is C16H12F2N2O4. The molecule has 0 aliphatic rings. The summed E-state index contributed by atoms with van der Waals surface area (Å²) >= 11 is 0. The van der Waals surface area contributed by atoms with Crippen LogP contribution in [0.4, 0.5) is 19.3 Å². The van der Waals surface area contributed by atoms with Gasteiger partial charge < -0.3 is 10.1 Å². The molecule has 0 unspecified atom stereocenters. The molecule has 0 atom stereocenters. The van der Waals surface area contributed by atoms with E-state index in [1.807, 2.05) is 5.32 Å². The maximum Gasteiger partial charge on any atom is 0.338 e. The Morgan fingerprint density at radius 2 is 1.75 bits per heavy atom. The highest BCUT2D eigenvalue weighted by atomic mass is 19.1. The van der Waals surface area contributed by atoms with Gasteiger partial charge in [0.2, 0.25) is 0 Å². The third-order valence-corrected chi connectivity index (χ3v) is 2.77. The first-order chi connectivity index (χ1) is 11.5. The third kappa shape index (κ3) is 4.87. The molecule has 8 heteroatoms. The number of carbonyl (C=O) groups excluding carboxylic acids is 3. The molecular weight excluding hydrogens is 322 g/mol. The fourth-order valence-corrected chi connectivity index (χ4v) is 1.71. The van der Waals surface area contributed by atoms with Crippen LogP contribution in [0.15, 0.2) is 48.5 Å². The molecule has 0 saturated heterocycles. The van der Waals surface area contributed by atoms with Crippen molar-refractivity contribution >= 4 is 23.6 Å². The van der Waals surface area contributed by atoms with E-state index >= 15 is 0 Å². The summed E-state index contributed by atoms with van der Waals surface area (Å²) in [6.45, 7) is -0.750. The van der Waals surface area contributed by atoms with E-state index in [-0.39, 0.29) is 11.3 Å². The number of imide groups is 1. The van der Waals surface area contributed by atoms with E-state index in [1.165, 1.54) is 30.3 Å². The zero-order valence-electron chi connectivity index (χ0n) is 12.2. The van der Waals surface area contributed by atoms with E-state index in [2.05, 4.69) is 10.1 Å². The average Bonchev–Trinajstić information content (AvgIpc) is 2.54. The van der Waals surface area contributed by atoms with Crippen LogP contribution in [0, 0.1) is 11.6 Å². The maximum atomic E-state index is 13.3. The van der Waals surface area contributed by atoms with Crippen molar-refractivity contribution in [3.05, 3.63) is 65.7 Å². The lowest BCUT2D eigenvalue weighted by Crippen LogP contribution is -2.37. The smallest absolute Gasteiger partial charge is 0.338 e. The first-order valence-corrected chi connectivity index (χ1v) is 6.74. The number of hydrogen-bond acceptors (Lipinski definition) is 4. The summed E-state index contributed by atoms with van der Waals surface area (Å²) in [4.78, 5) is 34.7. The molecule has 0 heterocycles. The molecule has 3 amide bonds. The van der Waals surface area contributed by atoms with Crippen molar-refractivity contribution in [2.24, 2.45) is 0 Å². The van der Waals surface area contributed by atoms with E-state index in [0.29, 0.717) is 0 Å². The van der Waals surface area contributed by atoms with Gasteiger partial charge >= 0.3 is 12.0 Å². The largest absolute Gasteiger partial charge is 0.452 e. The Labute approximate surface area is 135 Å². The number of esters is 1. The maximum absolute atomic E-state index is 13.3. The summed E-state index contributed by atoms with van der Waals surface area (Å²) in [5, 5.41) is 4.00. The van der Waals surface area contributed by atoms with Gasteiger partial charge in [-0.15, -0.1) is 0 Å². The van der Waals surface area contributed by atoms with Crippen LogP contribution in [0.5, 0.6) is 0 Å². The number of rotatable bonds is 4. The second-order valence-electron chi connectivity index (χ2n) is 4.57. The van der Waals surface area contributed by atoms with Gasteiger partial charge in [0.25, 0.3) is 5.91 Å². The number of anilines is 1. The lowest BCUT2D eigenvalue weighted by Gasteiger charge is -2.08. The summed E-state index contributed by atoms with van der Waals surface area (Å²) in [5.74, 6) is -3.14. The Balaban J connectivity index is 1.82. The van der Waals surface area contributed by atoms with E-state index < -0.39 is 36.1 Å². The number of ether oxygens (including phenoxy) is 1. The predicted molar refractivity (Wildman–Crippen MR) is 80.2 cm³/mol. The van der Waals surface area contributed by atoms with Crippen LogP contribution >= 0.6 is 0 Å². The predicted octanol–water partition coefficient (Wildman–Crippen LogP) is 2.47. The molecule has 0 radical (unpaired) electrons. The second-order valence-corrected chi connectivity index (χ2v) is 4.57. The summed E-state index contributed by atoms with van der Waals surface area (Å²) in [6, 6.07) is 9.13. The lowest BCUT2D eigenvalue weighted by molar-refractivity contribution is -0.123. The number of benzene rings is 2. The molecule has 0 spiro atoms. The molecule has 6 nitrogen and oxygen atoms in total. The number of amides is 3. The molecule has 0 aliphatic carbocycles. The van der Waals surface area contributed by atoms with Crippen LogP contribution in [0.1, 0.15) is 10.4 Å². The average molecular weight is 334 g/mol. The summed E-state index contributed by atoms with van der Waals surface area (Å²) in [6.07, 6.45) is 0. The standard InChI is InChI=1S/C16H12F2N2O4/c17-11-5-3-4-10(8-11)15(22)24-9-14(21)20-16(23)19-13-7-2-1-6-12(13)18/h1-8H,9H2,(H2,19,20,21,23). The van der Waals surface area contributed by atoms with Crippen LogP contribution < -0.4 is 10.6 Å². The highest BCUT2D eigenvalue weighted by Crippen LogP contribution is 2.11. The molecule has 124 valence electrons. The van der Waals surface area contributed by atoms with Gasteiger partial charge in [-0.1, -0.05) is 18.2 Å². The zero-order chi connectivity index (χ0) is 17.5. The van der Waals surface area contributed by atoms with Crippen molar-refractivity contribution in [1.82, 2.24) is 5.32 Å². The van der Waals surface area contributed by atoms with Crippen molar-refractivity contribution in [3.63, 3.8) is 0 Å². The first-order valence-electron chi connectivity index (χ1n) is 6.74. The molecule has 0 bridgehead atoms. The van der Waals surface area contributed by atoms with Crippen molar-refractivity contribution in [3.8, 4) is 0 Å². The zero-order valence-corrected chi connectivity index (χ0v) is 12.2. The van der Waals surface area contributed by atoms with E-state index in [0.717, 1.165) is 18.2 Å². The molecule has 2 aromatic rings. The third-order valence-electron chi connectivity index (χ3n) is 2.77. The monoisotopic (exact) mass is 334 g/mol. The van der Waals surface area contributed by atoms with Crippen molar-refractivity contribution in [2.75, 3.05) is 11.9 Å². The van der Waals surface area contributed by atoms with Gasteiger partial charge in [0, 0.05) is 0 Å². The number of para-hydroxylation sites is 1. The lowest BCUT2D eigenvalue weighted by atomic mass is 10.2. The minimum Gasteiger partial charge on any atom is -0.452 e. The van der Waals surface area contributed by atoms with Crippen LogP contribution in [0.25, 0.3) is 0 Å². The SMILES string of the molecule is O=C(COC(=O)c1cccc(F)c1)NC(=O)Nc1ccccc1F. The molecule has 0 fully saturated rings. The number of halogens is 2. The molecule has 24 heavy (non-hydrogen) atoms. The van der Waals surface area contributed by atoms with Gasteiger partial charge in [0.15, 0.2) is 6.61 Å². The second kappa shape index (κ2) is 7.82. The van der Waals surface area contributed by atoms with Gasteiger partial charge in [0.05, 0.1) is 11.3 Å². The van der Waals surface area contributed by atoms with E-state index in [1.54, 1.807) is 0 Å². The number of hydrogen-bond donors (Lipinski definition) is 2. The van der Waals surface area contributed by atoms with Gasteiger partial charge in [-0.25, -0.2) is 18.4 Å². The minimum atomic E-state index is -0.980. The number of carbonyl (C=O) groups is 3. The van der Waals surface area contributed by atoms with Gasteiger partial charge in [-0.05, 0) is 30.3 Å². The van der Waals surface area contributed by atoms with Gasteiger partial charge in [-0.2, -0.15) is 0 Å². The molecule has 2 N–H and O–H groups in total. The molecule has 2 rings (SSSR count). The van der Waals surface area contributed by atoms with Gasteiger partial charge in [0.1, 0.15) is 11.6 Å². The quantitative estimate of drug-likeness (QED) is 0.841. The highest BCUT2D eigenvalue weighted by Gasteiger charge is 2.13.